The van der Waals surface area contributed by atoms with E-state index in [2.05, 4.69) is 11.3 Å². The van der Waals surface area contributed by atoms with Gasteiger partial charge in [-0.25, -0.2) is 0 Å². The van der Waals surface area contributed by atoms with Crippen LogP contribution >= 0.6 is 0 Å². The summed E-state index contributed by atoms with van der Waals surface area (Å²) in [6.45, 7) is -0.650. The number of halogens is 1. The Balaban J connectivity index is 3.61. The summed E-state index contributed by atoms with van der Waals surface area (Å²) in [5, 5.41) is 0. The molecule has 0 saturated heterocycles. The van der Waals surface area contributed by atoms with E-state index in [0.717, 1.165) is 0 Å². The summed E-state index contributed by atoms with van der Waals surface area (Å²) in [4.78, 5) is 0. The molecule has 0 heterocycles. The van der Waals surface area contributed by atoms with Gasteiger partial charge in [0.25, 0.3) is 10.1 Å². The first-order valence-electron chi connectivity index (χ1n) is 2.34. The van der Waals surface area contributed by atoms with Gasteiger partial charge in [-0.3, -0.25) is 8.57 Å². The molecule has 0 saturated carbocycles. The highest BCUT2D eigenvalue weighted by Gasteiger charge is 2.06. The largest absolute Gasteiger partial charge is 0.268 e. The third-order valence-corrected chi connectivity index (χ3v) is 1.86. The Morgan fingerprint density at radius 1 is 1.56 bits per heavy atom. The molecule has 0 aliphatic heterocycles. The quantitative estimate of drug-likeness (QED) is 0.555. The molecule has 0 amide bonds. The fourth-order valence-corrected chi connectivity index (χ4v) is 0.871. The van der Waals surface area contributed by atoms with Crippen molar-refractivity contribution in [1.82, 2.24) is 0 Å². The maximum absolute atomic E-state index is 11.3. The van der Waals surface area contributed by atoms with Crippen LogP contribution in [-0.4, -0.2) is 20.8 Å². The zero-order valence-corrected chi connectivity index (χ0v) is 5.66. The van der Waals surface area contributed by atoms with Crippen LogP contribution in [0, 0.1) is 7.11 Å². The maximum atomic E-state index is 11.3. The summed E-state index contributed by atoms with van der Waals surface area (Å²) in [5.74, 6) is -0.299. The van der Waals surface area contributed by atoms with E-state index in [1.54, 1.807) is 0 Å². The van der Waals surface area contributed by atoms with E-state index in [-0.39, 0.29) is 12.2 Å². The molecule has 0 aromatic carbocycles. The van der Waals surface area contributed by atoms with E-state index in [0.29, 0.717) is 0 Å². The Hall–Kier alpha value is -0.160. The average Bonchev–Trinajstić information content (AvgIpc) is 1.84. The van der Waals surface area contributed by atoms with Gasteiger partial charge in [-0.2, -0.15) is 8.42 Å². The van der Waals surface area contributed by atoms with Crippen LogP contribution in [0.25, 0.3) is 0 Å². The maximum Gasteiger partial charge on any atom is 0.267 e. The van der Waals surface area contributed by atoms with Crippen LogP contribution in [0.15, 0.2) is 0 Å². The second-order valence-electron chi connectivity index (χ2n) is 1.42. The molecule has 0 aliphatic rings. The van der Waals surface area contributed by atoms with Crippen LogP contribution in [0.1, 0.15) is 6.42 Å². The summed E-state index contributed by atoms with van der Waals surface area (Å²) in [5.41, 5.74) is 0. The highest BCUT2D eigenvalue weighted by molar-refractivity contribution is 7.86. The lowest BCUT2D eigenvalue weighted by Crippen LogP contribution is -2.06. The van der Waals surface area contributed by atoms with Gasteiger partial charge in [0.1, 0.15) is 0 Å². The number of alkyl halides is 1. The summed E-state index contributed by atoms with van der Waals surface area (Å²) >= 11 is 0. The fourth-order valence-electron chi connectivity index (χ4n) is 0.290. The van der Waals surface area contributed by atoms with E-state index in [9.17, 15) is 12.8 Å². The minimum Gasteiger partial charge on any atom is -0.268 e. The summed E-state index contributed by atoms with van der Waals surface area (Å²) < 4.78 is 35.7. The number of hydrogen-bond acceptors (Lipinski definition) is 3. The van der Waals surface area contributed by atoms with E-state index in [1.165, 1.54) is 0 Å². The summed E-state index contributed by atoms with van der Waals surface area (Å²) in [6, 6.07) is 0. The van der Waals surface area contributed by atoms with Crippen molar-refractivity contribution in [1.29, 1.82) is 0 Å². The number of rotatable bonds is 4. The molecule has 5 heteroatoms. The van der Waals surface area contributed by atoms with Gasteiger partial charge in [-0.15, -0.1) is 0 Å². The first-order chi connectivity index (χ1) is 4.12. The van der Waals surface area contributed by atoms with E-state index in [4.69, 9.17) is 0 Å². The van der Waals surface area contributed by atoms with Crippen molar-refractivity contribution < 1.29 is 17.0 Å². The molecule has 1 radical (unpaired) electrons. The summed E-state index contributed by atoms with van der Waals surface area (Å²) in [7, 11) is -0.833. The second-order valence-corrected chi connectivity index (χ2v) is 3.18. The molecule has 0 atom stereocenters. The molecule has 0 aromatic rings. The minimum atomic E-state index is -3.53. The second kappa shape index (κ2) is 3.79. The standard InChI is InChI=1S/C4H8FO3S/c1-8-9(6,7)4-2-3-5/h1-4H2. The van der Waals surface area contributed by atoms with Gasteiger partial charge >= 0.3 is 0 Å². The third kappa shape index (κ3) is 4.35. The van der Waals surface area contributed by atoms with Gasteiger partial charge in [-0.05, 0) is 6.42 Å². The van der Waals surface area contributed by atoms with Crippen molar-refractivity contribution in [3.05, 3.63) is 7.11 Å². The third-order valence-electron chi connectivity index (χ3n) is 0.708. The lowest BCUT2D eigenvalue weighted by molar-refractivity contribution is 0.427. The van der Waals surface area contributed by atoms with Crippen molar-refractivity contribution in [2.75, 3.05) is 12.4 Å². The Morgan fingerprint density at radius 3 is 2.44 bits per heavy atom. The molecule has 55 valence electrons. The molecule has 3 nitrogen and oxygen atoms in total. The molecular weight excluding hydrogens is 147 g/mol. The SMILES string of the molecule is [CH2]OS(=O)(=O)CCCF. The van der Waals surface area contributed by atoms with Gasteiger partial charge in [0.2, 0.25) is 0 Å². The molecule has 9 heavy (non-hydrogen) atoms. The smallest absolute Gasteiger partial charge is 0.267 e. The van der Waals surface area contributed by atoms with Crippen LogP contribution in [-0.2, 0) is 14.3 Å². The van der Waals surface area contributed by atoms with Crippen molar-refractivity contribution in [3.8, 4) is 0 Å². The van der Waals surface area contributed by atoms with Crippen molar-refractivity contribution in [3.63, 3.8) is 0 Å². The zero-order valence-electron chi connectivity index (χ0n) is 4.84. The van der Waals surface area contributed by atoms with E-state index in [1.807, 2.05) is 0 Å². The predicted octanol–water partition coefficient (Wildman–Crippen LogP) is 0.484. The lowest BCUT2D eigenvalue weighted by Gasteiger charge is -1.95. The van der Waals surface area contributed by atoms with Gasteiger partial charge in [0.15, 0.2) is 0 Å². The number of hydrogen-bond donors (Lipinski definition) is 0. The van der Waals surface area contributed by atoms with Gasteiger partial charge in [0.05, 0.1) is 19.5 Å². The molecule has 0 fully saturated rings. The van der Waals surface area contributed by atoms with Crippen LogP contribution in [0.2, 0.25) is 0 Å². The Labute approximate surface area is 53.9 Å². The summed E-state index contributed by atoms with van der Waals surface area (Å²) in [6.07, 6.45) is -0.0299. The Morgan fingerprint density at radius 2 is 2.11 bits per heavy atom. The van der Waals surface area contributed by atoms with Crippen LogP contribution in [0.5, 0.6) is 0 Å². The molecule has 0 aromatic heterocycles. The first-order valence-corrected chi connectivity index (χ1v) is 3.92. The van der Waals surface area contributed by atoms with Crippen LogP contribution < -0.4 is 0 Å². The van der Waals surface area contributed by atoms with Crippen molar-refractivity contribution in [2.45, 2.75) is 6.42 Å². The Kier molecular flexibility index (Phi) is 3.72. The Bertz CT molecular complexity index is 151. The normalized spacial score (nSPS) is 11.8. The molecular formula is C4H8FO3S. The van der Waals surface area contributed by atoms with Crippen molar-refractivity contribution in [2.24, 2.45) is 0 Å². The van der Waals surface area contributed by atoms with Gasteiger partial charge in [0, 0.05) is 0 Å². The monoisotopic (exact) mass is 155 g/mol. The minimum absolute atomic E-state index is 0.0299. The fraction of sp³-hybridized carbons (Fsp3) is 0.750. The van der Waals surface area contributed by atoms with E-state index >= 15 is 0 Å². The average molecular weight is 155 g/mol. The molecule has 0 bridgehead atoms. The first kappa shape index (κ1) is 8.84. The van der Waals surface area contributed by atoms with Crippen LogP contribution in [0.3, 0.4) is 0 Å². The van der Waals surface area contributed by atoms with Gasteiger partial charge in [-0.1, -0.05) is 0 Å². The van der Waals surface area contributed by atoms with Crippen LogP contribution in [0.4, 0.5) is 4.39 Å². The van der Waals surface area contributed by atoms with Gasteiger partial charge < -0.3 is 0 Å². The zero-order chi connectivity index (χ0) is 7.33. The highest BCUT2D eigenvalue weighted by atomic mass is 32.2. The van der Waals surface area contributed by atoms with Crippen molar-refractivity contribution >= 4 is 10.1 Å². The molecule has 0 N–H and O–H groups in total. The van der Waals surface area contributed by atoms with E-state index < -0.39 is 16.8 Å². The molecule has 0 spiro atoms. The molecule has 0 rings (SSSR count). The molecule has 0 unspecified atom stereocenters. The topological polar surface area (TPSA) is 43.4 Å². The molecule has 0 aliphatic carbocycles. The predicted molar refractivity (Wildman–Crippen MR) is 30.8 cm³/mol. The highest BCUT2D eigenvalue weighted by Crippen LogP contribution is 1.94. The lowest BCUT2D eigenvalue weighted by atomic mass is 10.6.